The number of nitrogens with one attached hydrogen (secondary N) is 1. The minimum absolute atomic E-state index is 0.144. The largest absolute Gasteiger partial charge is 0.324 e. The Morgan fingerprint density at radius 3 is 2.59 bits per heavy atom. The number of benzene rings is 1. The van der Waals surface area contributed by atoms with E-state index < -0.39 is 21.4 Å². The average Bonchev–Trinajstić information content (AvgIpc) is 2.13. The predicted octanol–water partition coefficient (Wildman–Crippen LogP) is 0.982. The molecule has 0 unspecified atom stereocenters. The Balaban J connectivity index is 2.67. The van der Waals surface area contributed by atoms with Crippen LogP contribution >= 0.6 is 0 Å². The Labute approximate surface area is 101 Å². The van der Waals surface area contributed by atoms with Gasteiger partial charge >= 0.3 is 0 Å². The lowest BCUT2D eigenvalue weighted by molar-refractivity contribution is 0.497. The van der Waals surface area contributed by atoms with Gasteiger partial charge in [-0.2, -0.15) is 0 Å². The van der Waals surface area contributed by atoms with Gasteiger partial charge in [0.25, 0.3) is 0 Å². The molecule has 0 aliphatic heterocycles. The van der Waals surface area contributed by atoms with Crippen molar-refractivity contribution in [2.24, 2.45) is 5.73 Å². The van der Waals surface area contributed by atoms with E-state index in [1.807, 2.05) is 0 Å². The topological polar surface area (TPSA) is 72.2 Å². The minimum atomic E-state index is -3.48. The van der Waals surface area contributed by atoms with Crippen molar-refractivity contribution in [1.29, 1.82) is 0 Å². The lowest BCUT2D eigenvalue weighted by Crippen LogP contribution is -2.45. The Morgan fingerprint density at radius 2 is 2.06 bits per heavy atom. The molecule has 3 N–H and O–H groups in total. The lowest BCUT2D eigenvalue weighted by Gasteiger charge is -2.18. The molecular formula is C11H17FN2O2S. The third-order valence-corrected chi connectivity index (χ3v) is 3.29. The molecule has 0 aliphatic rings. The van der Waals surface area contributed by atoms with Gasteiger partial charge in [-0.3, -0.25) is 0 Å². The maximum atomic E-state index is 12.9. The van der Waals surface area contributed by atoms with Crippen molar-refractivity contribution >= 4 is 10.0 Å². The third kappa shape index (κ3) is 5.76. The first-order valence-corrected chi connectivity index (χ1v) is 6.84. The zero-order chi connectivity index (χ0) is 13.1. The summed E-state index contributed by atoms with van der Waals surface area (Å²) in [6, 6.07) is 5.52. The number of halogens is 1. The van der Waals surface area contributed by atoms with E-state index >= 15 is 0 Å². The van der Waals surface area contributed by atoms with Gasteiger partial charge in [-0.15, -0.1) is 0 Å². The molecule has 1 rings (SSSR count). The lowest BCUT2D eigenvalue weighted by atomic mass is 10.1. The van der Waals surface area contributed by atoms with Crippen LogP contribution in [-0.4, -0.2) is 20.5 Å². The molecule has 0 spiro atoms. The van der Waals surface area contributed by atoms with Crippen molar-refractivity contribution in [3.8, 4) is 0 Å². The van der Waals surface area contributed by atoms with Crippen LogP contribution in [0.4, 0.5) is 4.39 Å². The van der Waals surface area contributed by atoms with Gasteiger partial charge in [-0.1, -0.05) is 12.1 Å². The molecule has 0 fully saturated rings. The van der Waals surface area contributed by atoms with Crippen LogP contribution in [0.15, 0.2) is 24.3 Å². The second kappa shape index (κ2) is 5.12. The second-order valence-electron chi connectivity index (χ2n) is 4.70. The summed E-state index contributed by atoms with van der Waals surface area (Å²) >= 11 is 0. The SMILES string of the molecule is CC(C)(N)CNS(=O)(=O)Cc1cccc(F)c1. The minimum Gasteiger partial charge on any atom is -0.324 e. The summed E-state index contributed by atoms with van der Waals surface area (Å²) < 4.78 is 38.6. The van der Waals surface area contributed by atoms with Crippen molar-refractivity contribution in [1.82, 2.24) is 4.72 Å². The van der Waals surface area contributed by atoms with Crippen molar-refractivity contribution in [2.75, 3.05) is 6.54 Å². The van der Waals surface area contributed by atoms with Crippen LogP contribution in [0.25, 0.3) is 0 Å². The van der Waals surface area contributed by atoms with E-state index in [9.17, 15) is 12.8 Å². The van der Waals surface area contributed by atoms with Gasteiger partial charge < -0.3 is 5.73 Å². The van der Waals surface area contributed by atoms with E-state index in [4.69, 9.17) is 5.73 Å². The molecule has 96 valence electrons. The summed E-state index contributed by atoms with van der Waals surface area (Å²) in [4.78, 5) is 0. The smallest absolute Gasteiger partial charge is 0.215 e. The molecule has 0 radical (unpaired) electrons. The summed E-state index contributed by atoms with van der Waals surface area (Å²) in [6.07, 6.45) is 0. The molecule has 0 bridgehead atoms. The standard InChI is InChI=1S/C11H17FN2O2S/c1-11(2,13)8-14-17(15,16)7-9-4-3-5-10(12)6-9/h3-6,14H,7-8,13H2,1-2H3. The van der Waals surface area contributed by atoms with Crippen LogP contribution in [-0.2, 0) is 15.8 Å². The molecule has 0 saturated heterocycles. The molecule has 6 heteroatoms. The number of nitrogens with two attached hydrogens (primary N) is 1. The number of rotatable bonds is 5. The van der Waals surface area contributed by atoms with Gasteiger partial charge in [0.15, 0.2) is 0 Å². The van der Waals surface area contributed by atoms with Gasteiger partial charge in [0.05, 0.1) is 5.75 Å². The highest BCUT2D eigenvalue weighted by molar-refractivity contribution is 7.88. The third-order valence-electron chi connectivity index (χ3n) is 1.99. The van der Waals surface area contributed by atoms with Gasteiger partial charge in [-0.25, -0.2) is 17.5 Å². The molecule has 1 aromatic rings. The zero-order valence-electron chi connectivity index (χ0n) is 9.90. The molecule has 0 aromatic heterocycles. The maximum absolute atomic E-state index is 12.9. The van der Waals surface area contributed by atoms with Crippen molar-refractivity contribution in [3.63, 3.8) is 0 Å². The molecule has 1 aromatic carbocycles. The van der Waals surface area contributed by atoms with Crippen LogP contribution < -0.4 is 10.5 Å². The molecule has 0 aliphatic carbocycles. The van der Waals surface area contributed by atoms with Crippen LogP contribution in [0, 0.1) is 5.82 Å². The van der Waals surface area contributed by atoms with Crippen LogP contribution in [0.1, 0.15) is 19.4 Å². The van der Waals surface area contributed by atoms with Crippen LogP contribution in [0.2, 0.25) is 0 Å². The van der Waals surface area contributed by atoms with E-state index in [1.54, 1.807) is 19.9 Å². The number of hydrogen-bond donors (Lipinski definition) is 2. The highest BCUT2D eigenvalue weighted by Gasteiger charge is 2.17. The fraction of sp³-hybridized carbons (Fsp3) is 0.455. The van der Waals surface area contributed by atoms with Gasteiger partial charge in [0, 0.05) is 12.1 Å². The summed E-state index contributed by atoms with van der Waals surface area (Å²) in [5.41, 5.74) is 5.47. The van der Waals surface area contributed by atoms with Crippen LogP contribution in [0.5, 0.6) is 0 Å². The first-order valence-electron chi connectivity index (χ1n) is 5.19. The summed E-state index contributed by atoms with van der Waals surface area (Å²) in [5.74, 6) is -0.697. The van der Waals surface area contributed by atoms with Crippen molar-refractivity contribution in [2.45, 2.75) is 25.1 Å². The Hall–Kier alpha value is -0.980. The first kappa shape index (κ1) is 14.1. The Bertz CT molecular complexity index is 480. The van der Waals surface area contributed by atoms with Crippen molar-refractivity contribution in [3.05, 3.63) is 35.6 Å². The maximum Gasteiger partial charge on any atom is 0.215 e. The van der Waals surface area contributed by atoms with E-state index in [-0.39, 0.29) is 12.3 Å². The monoisotopic (exact) mass is 260 g/mol. The van der Waals surface area contributed by atoms with E-state index in [0.29, 0.717) is 5.56 Å². The normalized spacial score (nSPS) is 12.7. The highest BCUT2D eigenvalue weighted by Crippen LogP contribution is 2.07. The van der Waals surface area contributed by atoms with Gasteiger partial charge in [0.1, 0.15) is 5.82 Å². The fourth-order valence-corrected chi connectivity index (χ4v) is 2.51. The quantitative estimate of drug-likeness (QED) is 0.829. The molecule has 0 heterocycles. The second-order valence-corrected chi connectivity index (χ2v) is 6.51. The van der Waals surface area contributed by atoms with E-state index in [2.05, 4.69) is 4.72 Å². The first-order chi connectivity index (χ1) is 7.68. The summed E-state index contributed by atoms with van der Waals surface area (Å²) in [5, 5.41) is 0. The molecule has 0 amide bonds. The summed E-state index contributed by atoms with van der Waals surface area (Å²) in [6.45, 7) is 3.58. The molecule has 0 saturated carbocycles. The Kier molecular flexibility index (Phi) is 4.24. The number of sulfonamides is 1. The van der Waals surface area contributed by atoms with Crippen LogP contribution in [0.3, 0.4) is 0 Å². The van der Waals surface area contributed by atoms with Gasteiger partial charge in [0.2, 0.25) is 10.0 Å². The predicted molar refractivity (Wildman–Crippen MR) is 65.3 cm³/mol. The molecule has 4 nitrogen and oxygen atoms in total. The molecule has 17 heavy (non-hydrogen) atoms. The van der Waals surface area contributed by atoms with Crippen molar-refractivity contribution < 1.29 is 12.8 Å². The average molecular weight is 260 g/mol. The fourth-order valence-electron chi connectivity index (χ4n) is 1.19. The van der Waals surface area contributed by atoms with E-state index in [1.165, 1.54) is 18.2 Å². The highest BCUT2D eigenvalue weighted by atomic mass is 32.2. The van der Waals surface area contributed by atoms with Gasteiger partial charge in [-0.05, 0) is 31.5 Å². The zero-order valence-corrected chi connectivity index (χ0v) is 10.7. The summed E-state index contributed by atoms with van der Waals surface area (Å²) in [7, 11) is -3.48. The van der Waals surface area contributed by atoms with E-state index in [0.717, 1.165) is 0 Å². The molecule has 0 atom stereocenters. The Morgan fingerprint density at radius 1 is 1.41 bits per heavy atom. The molecular weight excluding hydrogens is 243 g/mol. The number of hydrogen-bond acceptors (Lipinski definition) is 3.